The maximum Gasteiger partial charge on any atom is 0.314 e. The topological polar surface area (TPSA) is 37.3 Å². The molecular weight excluding hydrogens is 224 g/mol. The van der Waals surface area contributed by atoms with Crippen LogP contribution in [-0.2, 0) is 16.6 Å². The summed E-state index contributed by atoms with van der Waals surface area (Å²) in [5.74, 6) is -0.730. The van der Waals surface area contributed by atoms with Crippen LogP contribution in [0.25, 0.3) is 0 Å². The molecule has 1 aromatic rings. The van der Waals surface area contributed by atoms with Crippen molar-refractivity contribution in [3.8, 4) is 0 Å². The molecule has 1 N–H and O–H groups in total. The van der Waals surface area contributed by atoms with Crippen molar-refractivity contribution in [1.82, 2.24) is 0 Å². The second-order valence-electron chi connectivity index (χ2n) is 4.44. The Morgan fingerprint density at radius 3 is 2.62 bits per heavy atom. The van der Waals surface area contributed by atoms with Gasteiger partial charge in [0.2, 0.25) is 0 Å². The van der Waals surface area contributed by atoms with E-state index in [-0.39, 0.29) is 0 Å². The molecule has 1 aromatic carbocycles. The highest BCUT2D eigenvalue weighted by Gasteiger charge is 2.51. The third kappa shape index (κ3) is 1.82. The van der Waals surface area contributed by atoms with Gasteiger partial charge in [0.05, 0.1) is 5.41 Å². The second-order valence-corrected chi connectivity index (χ2v) is 4.85. The molecule has 0 aliphatic heterocycles. The van der Waals surface area contributed by atoms with Crippen molar-refractivity contribution in [2.75, 3.05) is 0 Å². The van der Waals surface area contributed by atoms with Gasteiger partial charge in [0.15, 0.2) is 0 Å². The molecule has 0 unspecified atom stereocenters. The van der Waals surface area contributed by atoms with E-state index in [4.69, 9.17) is 11.6 Å². The van der Waals surface area contributed by atoms with Crippen LogP contribution in [0.1, 0.15) is 37.3 Å². The Labute approximate surface area is 100 Å². The number of hydrogen-bond donors (Lipinski definition) is 1. The van der Waals surface area contributed by atoms with Crippen LogP contribution in [0.5, 0.6) is 0 Å². The summed E-state index contributed by atoms with van der Waals surface area (Å²) in [6.45, 7) is 2.10. The van der Waals surface area contributed by atoms with Crippen molar-refractivity contribution in [3.63, 3.8) is 0 Å². The molecule has 1 aliphatic rings. The largest absolute Gasteiger partial charge is 0.481 e. The third-order valence-corrected chi connectivity index (χ3v) is 3.64. The Kier molecular flexibility index (Phi) is 2.94. The van der Waals surface area contributed by atoms with E-state index >= 15 is 0 Å². The van der Waals surface area contributed by atoms with Gasteiger partial charge < -0.3 is 5.11 Å². The number of benzene rings is 1. The maximum atomic E-state index is 11.2. The van der Waals surface area contributed by atoms with Crippen molar-refractivity contribution < 1.29 is 9.90 Å². The summed E-state index contributed by atoms with van der Waals surface area (Å²) in [6.07, 6.45) is 3.44. The summed E-state index contributed by atoms with van der Waals surface area (Å²) in [7, 11) is 0. The van der Waals surface area contributed by atoms with Gasteiger partial charge in [0.25, 0.3) is 0 Å². The highest BCUT2D eigenvalue weighted by Crippen LogP contribution is 2.49. The van der Waals surface area contributed by atoms with E-state index in [0.717, 1.165) is 36.8 Å². The molecule has 1 fully saturated rings. The van der Waals surface area contributed by atoms with E-state index in [1.807, 2.05) is 18.2 Å². The Hall–Kier alpha value is -1.02. The normalized spacial score (nSPS) is 17.1. The Morgan fingerprint density at radius 2 is 2.19 bits per heavy atom. The SMILES string of the molecule is CCCc1ccc(C2(C(=O)O)CC2)cc1Cl. The summed E-state index contributed by atoms with van der Waals surface area (Å²) < 4.78 is 0. The van der Waals surface area contributed by atoms with Crippen LogP contribution >= 0.6 is 11.6 Å². The highest BCUT2D eigenvalue weighted by molar-refractivity contribution is 6.31. The van der Waals surface area contributed by atoms with Gasteiger partial charge in [-0.2, -0.15) is 0 Å². The Bertz CT molecular complexity index is 422. The molecule has 0 amide bonds. The zero-order chi connectivity index (χ0) is 11.8. The second kappa shape index (κ2) is 4.10. The Morgan fingerprint density at radius 1 is 1.50 bits per heavy atom. The zero-order valence-electron chi connectivity index (χ0n) is 9.29. The van der Waals surface area contributed by atoms with E-state index in [0.29, 0.717) is 5.02 Å². The summed E-state index contributed by atoms with van der Waals surface area (Å²) >= 11 is 6.15. The average molecular weight is 239 g/mol. The van der Waals surface area contributed by atoms with Gasteiger partial charge in [0, 0.05) is 5.02 Å². The minimum absolute atomic E-state index is 0.644. The lowest BCUT2D eigenvalue weighted by atomic mass is 9.94. The lowest BCUT2D eigenvalue weighted by molar-refractivity contribution is -0.140. The van der Waals surface area contributed by atoms with Gasteiger partial charge in [-0.25, -0.2) is 0 Å². The fourth-order valence-corrected chi connectivity index (χ4v) is 2.34. The van der Waals surface area contributed by atoms with Gasteiger partial charge in [-0.05, 0) is 36.5 Å². The molecule has 1 saturated carbocycles. The van der Waals surface area contributed by atoms with E-state index < -0.39 is 11.4 Å². The summed E-state index contributed by atoms with van der Waals surface area (Å²) in [4.78, 5) is 11.2. The first-order valence-electron chi connectivity index (χ1n) is 5.62. The molecule has 0 atom stereocenters. The number of hydrogen-bond acceptors (Lipinski definition) is 1. The van der Waals surface area contributed by atoms with Crippen LogP contribution < -0.4 is 0 Å². The van der Waals surface area contributed by atoms with E-state index in [1.165, 1.54) is 0 Å². The van der Waals surface area contributed by atoms with Crippen molar-refractivity contribution in [1.29, 1.82) is 0 Å². The standard InChI is InChI=1S/C13H15ClO2/c1-2-3-9-4-5-10(8-11(9)14)13(6-7-13)12(15)16/h4-5,8H,2-3,6-7H2,1H3,(H,15,16). The third-order valence-electron chi connectivity index (χ3n) is 3.28. The van der Waals surface area contributed by atoms with Crippen molar-refractivity contribution >= 4 is 17.6 Å². The molecule has 0 heterocycles. The number of rotatable bonds is 4. The lowest BCUT2D eigenvalue weighted by Crippen LogP contribution is -2.19. The van der Waals surface area contributed by atoms with E-state index in [2.05, 4.69) is 6.92 Å². The molecule has 86 valence electrons. The maximum absolute atomic E-state index is 11.2. The molecule has 2 nitrogen and oxygen atoms in total. The van der Waals surface area contributed by atoms with Crippen molar-refractivity contribution in [3.05, 3.63) is 34.3 Å². The first kappa shape index (κ1) is 11.5. The van der Waals surface area contributed by atoms with E-state index in [9.17, 15) is 9.90 Å². The molecule has 2 rings (SSSR count). The molecule has 0 saturated heterocycles. The first-order chi connectivity index (χ1) is 7.60. The minimum Gasteiger partial charge on any atom is -0.481 e. The summed E-state index contributed by atoms with van der Waals surface area (Å²) in [5.41, 5.74) is 1.31. The van der Waals surface area contributed by atoms with Gasteiger partial charge in [-0.15, -0.1) is 0 Å². The van der Waals surface area contributed by atoms with Gasteiger partial charge >= 0.3 is 5.97 Å². The van der Waals surface area contributed by atoms with Crippen LogP contribution in [0.15, 0.2) is 18.2 Å². The summed E-state index contributed by atoms with van der Waals surface area (Å²) in [5, 5.41) is 9.88. The molecule has 1 aliphatic carbocycles. The quantitative estimate of drug-likeness (QED) is 0.873. The number of aliphatic carboxylic acids is 1. The number of aryl methyl sites for hydroxylation is 1. The molecule has 0 aromatic heterocycles. The lowest BCUT2D eigenvalue weighted by Gasteiger charge is -2.12. The van der Waals surface area contributed by atoms with Crippen LogP contribution in [0.2, 0.25) is 5.02 Å². The molecule has 0 radical (unpaired) electrons. The zero-order valence-corrected chi connectivity index (χ0v) is 10.0. The van der Waals surface area contributed by atoms with Gasteiger partial charge in [0.1, 0.15) is 0 Å². The van der Waals surface area contributed by atoms with Crippen LogP contribution in [-0.4, -0.2) is 11.1 Å². The summed E-state index contributed by atoms with van der Waals surface area (Å²) in [6, 6.07) is 5.70. The van der Waals surface area contributed by atoms with Crippen LogP contribution in [0, 0.1) is 0 Å². The van der Waals surface area contributed by atoms with Crippen molar-refractivity contribution in [2.24, 2.45) is 0 Å². The molecule has 0 bridgehead atoms. The predicted octanol–water partition coefficient (Wildman–Crippen LogP) is 3.41. The van der Waals surface area contributed by atoms with Gasteiger partial charge in [-0.1, -0.05) is 37.1 Å². The molecule has 16 heavy (non-hydrogen) atoms. The monoisotopic (exact) mass is 238 g/mol. The number of carboxylic acid groups (broad SMARTS) is 1. The molecule has 3 heteroatoms. The highest BCUT2D eigenvalue weighted by atomic mass is 35.5. The fraction of sp³-hybridized carbons (Fsp3) is 0.462. The average Bonchev–Trinajstić information content (AvgIpc) is 3.02. The predicted molar refractivity (Wildman–Crippen MR) is 64.0 cm³/mol. The number of carboxylic acids is 1. The fourth-order valence-electron chi connectivity index (χ4n) is 2.07. The van der Waals surface area contributed by atoms with Crippen LogP contribution in [0.3, 0.4) is 0 Å². The Balaban J connectivity index is 2.31. The molecule has 0 spiro atoms. The van der Waals surface area contributed by atoms with Crippen molar-refractivity contribution in [2.45, 2.75) is 38.0 Å². The smallest absolute Gasteiger partial charge is 0.314 e. The number of carbonyl (C=O) groups is 1. The van der Waals surface area contributed by atoms with E-state index in [1.54, 1.807) is 0 Å². The minimum atomic E-state index is -0.730. The molecular formula is C13H15ClO2. The first-order valence-corrected chi connectivity index (χ1v) is 6.00. The van der Waals surface area contributed by atoms with Gasteiger partial charge in [-0.3, -0.25) is 4.79 Å². The number of halogens is 1. The van der Waals surface area contributed by atoms with Crippen LogP contribution in [0.4, 0.5) is 0 Å².